The van der Waals surface area contributed by atoms with Crippen LogP contribution < -0.4 is 0 Å². The van der Waals surface area contributed by atoms with E-state index in [1.54, 1.807) is 11.8 Å². The zero-order chi connectivity index (χ0) is 13.8. The molecule has 0 amide bonds. The molecule has 1 fully saturated rings. The summed E-state index contributed by atoms with van der Waals surface area (Å²) in [4.78, 5) is 12.0. The number of hydrogen-bond acceptors (Lipinski definition) is 2. The van der Waals surface area contributed by atoms with Crippen molar-refractivity contribution in [2.45, 2.75) is 44.2 Å². The van der Waals surface area contributed by atoms with E-state index in [0.717, 1.165) is 19.3 Å². The van der Waals surface area contributed by atoms with Gasteiger partial charge < -0.3 is 0 Å². The first kappa shape index (κ1) is 15.6. The molecule has 0 spiro atoms. The fourth-order valence-electron chi connectivity index (χ4n) is 2.46. The van der Waals surface area contributed by atoms with Gasteiger partial charge >= 0.3 is 0 Å². The number of carbonyl (C=O) groups excluding carboxylic acids is 1. The number of carbonyl (C=O) groups is 1. The zero-order valence-corrected chi connectivity index (χ0v) is 13.8. The summed E-state index contributed by atoms with van der Waals surface area (Å²) in [6.07, 6.45) is 6.58. The molecule has 100 valence electrons. The molecular weight excluding hydrogens is 256 g/mol. The summed E-state index contributed by atoms with van der Waals surface area (Å²) >= 11 is 1.80. The second-order valence-electron chi connectivity index (χ2n) is 5.97. The quantitative estimate of drug-likeness (QED) is 0.443. The topological polar surface area (TPSA) is 17.1 Å². The molecule has 3 heteroatoms. The molecule has 0 saturated heterocycles. The van der Waals surface area contributed by atoms with Gasteiger partial charge in [0.05, 0.1) is 0 Å². The van der Waals surface area contributed by atoms with Crippen LogP contribution in [0.3, 0.4) is 0 Å². The van der Waals surface area contributed by atoms with E-state index < -0.39 is 8.07 Å². The van der Waals surface area contributed by atoms with Crippen LogP contribution in [-0.2, 0) is 4.79 Å². The average molecular weight is 281 g/mol. The Balaban J connectivity index is 2.73. The number of ketones is 1. The molecule has 1 saturated carbocycles. The van der Waals surface area contributed by atoms with Crippen LogP contribution in [0.15, 0.2) is 12.7 Å². The molecule has 0 aromatic heterocycles. The summed E-state index contributed by atoms with van der Waals surface area (Å²) in [7, 11) is -1.31. The molecule has 0 aromatic carbocycles. The lowest BCUT2D eigenvalue weighted by atomic mass is 9.89. The van der Waals surface area contributed by atoms with E-state index in [1.807, 2.05) is 6.08 Å². The summed E-state index contributed by atoms with van der Waals surface area (Å²) in [6.45, 7) is 10.6. The average Bonchev–Trinajstić information content (AvgIpc) is 2.62. The predicted octanol–water partition coefficient (Wildman–Crippen LogP) is 3.77. The Hall–Kier alpha value is -0.463. The molecule has 0 aliphatic heterocycles. The van der Waals surface area contributed by atoms with Crippen LogP contribution in [0.2, 0.25) is 19.6 Å². The van der Waals surface area contributed by atoms with Crippen LogP contribution in [0.1, 0.15) is 19.3 Å². The lowest BCUT2D eigenvalue weighted by Gasteiger charge is -2.22. The van der Waals surface area contributed by atoms with Gasteiger partial charge in [0.25, 0.3) is 0 Å². The number of Topliss-reactive ketones (excluding diaryl/α,β-unsaturated/α-hetero) is 1. The smallest absolute Gasteiger partial charge is 0.137 e. The predicted molar refractivity (Wildman–Crippen MR) is 84.5 cm³/mol. The first-order valence-corrected chi connectivity index (χ1v) is 11.4. The number of rotatable bonds is 4. The van der Waals surface area contributed by atoms with E-state index in [-0.39, 0.29) is 5.92 Å². The van der Waals surface area contributed by atoms with Crippen molar-refractivity contribution in [3.05, 3.63) is 12.7 Å². The summed E-state index contributed by atoms with van der Waals surface area (Å²) in [6, 6.07) is 0. The number of hydrogen-bond donors (Lipinski definition) is 0. The van der Waals surface area contributed by atoms with Crippen molar-refractivity contribution in [2.75, 3.05) is 6.26 Å². The zero-order valence-electron chi connectivity index (χ0n) is 12.0. The van der Waals surface area contributed by atoms with Crippen molar-refractivity contribution < 1.29 is 4.79 Å². The third kappa shape index (κ3) is 4.33. The molecule has 0 aromatic rings. The molecule has 0 radical (unpaired) electrons. The molecule has 1 nitrogen and oxygen atoms in total. The van der Waals surface area contributed by atoms with E-state index in [2.05, 4.69) is 43.9 Å². The molecule has 18 heavy (non-hydrogen) atoms. The van der Waals surface area contributed by atoms with Crippen molar-refractivity contribution in [2.24, 2.45) is 11.8 Å². The van der Waals surface area contributed by atoms with Gasteiger partial charge in [-0.1, -0.05) is 25.7 Å². The molecule has 0 bridgehead atoms. The summed E-state index contributed by atoms with van der Waals surface area (Å²) < 4.78 is 0. The standard InChI is InChI=1S/C15H24OSSi/c1-6-15(17-2)13-9-10-14(16)12(13)8-7-11-18(3,4)5/h6,12-13,15H,1,8-10H2,2-5H3/t12-,13+,15-/m1/s1. The van der Waals surface area contributed by atoms with Gasteiger partial charge in [0, 0.05) is 24.0 Å². The van der Waals surface area contributed by atoms with Crippen LogP contribution in [0.4, 0.5) is 0 Å². The minimum absolute atomic E-state index is 0.143. The van der Waals surface area contributed by atoms with E-state index >= 15 is 0 Å². The third-order valence-electron chi connectivity index (χ3n) is 3.37. The molecule has 0 heterocycles. The highest BCUT2D eigenvalue weighted by molar-refractivity contribution is 7.99. The first-order valence-electron chi connectivity index (χ1n) is 6.57. The maximum atomic E-state index is 12.0. The summed E-state index contributed by atoms with van der Waals surface area (Å²) in [5.74, 6) is 4.27. The Morgan fingerprint density at radius 3 is 2.72 bits per heavy atom. The molecule has 3 atom stereocenters. The van der Waals surface area contributed by atoms with Crippen LogP contribution in [0.5, 0.6) is 0 Å². The fraction of sp³-hybridized carbons (Fsp3) is 0.667. The van der Waals surface area contributed by atoms with E-state index in [0.29, 0.717) is 17.0 Å². The fourth-order valence-corrected chi connectivity index (χ4v) is 3.96. The Kier molecular flexibility index (Phi) is 5.74. The van der Waals surface area contributed by atoms with Gasteiger partial charge in [0.2, 0.25) is 0 Å². The normalized spacial score (nSPS) is 25.4. The Morgan fingerprint density at radius 1 is 1.56 bits per heavy atom. The highest BCUT2D eigenvalue weighted by Gasteiger charge is 2.37. The van der Waals surface area contributed by atoms with Crippen molar-refractivity contribution in [1.29, 1.82) is 0 Å². The van der Waals surface area contributed by atoms with Crippen molar-refractivity contribution in [3.8, 4) is 11.5 Å². The summed E-state index contributed by atoms with van der Waals surface area (Å²) in [5.41, 5.74) is 3.37. The monoisotopic (exact) mass is 280 g/mol. The maximum absolute atomic E-state index is 12.0. The van der Waals surface area contributed by atoms with Gasteiger partial charge in [0.15, 0.2) is 0 Å². The van der Waals surface area contributed by atoms with Crippen LogP contribution in [0, 0.1) is 23.3 Å². The third-order valence-corrected chi connectivity index (χ3v) is 5.38. The van der Waals surface area contributed by atoms with Crippen molar-refractivity contribution in [1.82, 2.24) is 0 Å². The molecule has 1 aliphatic rings. The van der Waals surface area contributed by atoms with E-state index in [9.17, 15) is 4.79 Å². The summed E-state index contributed by atoms with van der Waals surface area (Å²) in [5, 5.41) is 0.398. The molecule has 1 rings (SSSR count). The highest BCUT2D eigenvalue weighted by Crippen LogP contribution is 2.38. The molecule has 0 N–H and O–H groups in total. The highest BCUT2D eigenvalue weighted by atomic mass is 32.2. The molecule has 0 unspecified atom stereocenters. The van der Waals surface area contributed by atoms with Gasteiger partial charge in [-0.25, -0.2) is 0 Å². The molecule has 1 aliphatic carbocycles. The van der Waals surface area contributed by atoms with Crippen LogP contribution >= 0.6 is 11.8 Å². The molecular formula is C15H24OSSi. The second-order valence-corrected chi connectivity index (χ2v) is 11.7. The van der Waals surface area contributed by atoms with Crippen molar-refractivity contribution in [3.63, 3.8) is 0 Å². The SMILES string of the molecule is C=C[C@@H](SC)[C@H]1CCC(=O)[C@@H]1CC#C[Si](C)(C)C. The van der Waals surface area contributed by atoms with Gasteiger partial charge in [-0.3, -0.25) is 4.79 Å². The van der Waals surface area contributed by atoms with Gasteiger partial charge in [0.1, 0.15) is 13.9 Å². The van der Waals surface area contributed by atoms with Gasteiger partial charge in [-0.2, -0.15) is 11.8 Å². The maximum Gasteiger partial charge on any atom is 0.137 e. The Labute approximate surface area is 117 Å². The van der Waals surface area contributed by atoms with Gasteiger partial charge in [-0.05, 0) is 18.6 Å². The van der Waals surface area contributed by atoms with Gasteiger partial charge in [-0.15, -0.1) is 18.0 Å². The number of thioether (sulfide) groups is 1. The second kappa shape index (κ2) is 6.63. The first-order chi connectivity index (χ1) is 8.39. The lowest BCUT2D eigenvalue weighted by molar-refractivity contribution is -0.121. The lowest BCUT2D eigenvalue weighted by Crippen LogP contribution is -2.23. The largest absolute Gasteiger partial charge is 0.299 e. The van der Waals surface area contributed by atoms with E-state index in [4.69, 9.17) is 0 Å². The van der Waals surface area contributed by atoms with Crippen molar-refractivity contribution >= 4 is 25.6 Å². The van der Waals surface area contributed by atoms with Crippen LogP contribution in [0.25, 0.3) is 0 Å². The van der Waals surface area contributed by atoms with Crippen LogP contribution in [-0.4, -0.2) is 25.4 Å². The Bertz CT molecular complexity index is 372. The Morgan fingerprint density at radius 2 is 2.22 bits per heavy atom. The minimum Gasteiger partial charge on any atom is -0.299 e. The minimum atomic E-state index is -1.31. The van der Waals surface area contributed by atoms with E-state index in [1.165, 1.54) is 0 Å².